The number of ether oxygens (including phenoxy) is 2. The molecule has 1 N–H and O–H groups in total. The summed E-state index contributed by atoms with van der Waals surface area (Å²) in [6, 6.07) is 16.0. The maximum absolute atomic E-state index is 14.3. The number of aromatic nitrogens is 7. The first kappa shape index (κ1) is 37.1. The van der Waals surface area contributed by atoms with Gasteiger partial charge in [0.1, 0.15) is 28.7 Å². The Bertz CT molecular complexity index is 2410. The van der Waals surface area contributed by atoms with E-state index in [-0.39, 0.29) is 29.5 Å². The van der Waals surface area contributed by atoms with E-state index in [4.69, 9.17) is 14.5 Å². The minimum absolute atomic E-state index is 0.0397. The van der Waals surface area contributed by atoms with Crippen LogP contribution in [0.5, 0.6) is 0 Å². The van der Waals surface area contributed by atoms with Gasteiger partial charge in [0.05, 0.1) is 33.7 Å². The highest BCUT2D eigenvalue weighted by molar-refractivity contribution is 7.92. The molecule has 6 rings (SSSR count). The summed E-state index contributed by atoms with van der Waals surface area (Å²) < 4.78 is 44.9. The quantitative estimate of drug-likeness (QED) is 0.112. The van der Waals surface area contributed by atoms with Crippen LogP contribution in [-0.2, 0) is 39.6 Å². The largest absolute Gasteiger partial charge is 0.444 e. The highest BCUT2D eigenvalue weighted by Crippen LogP contribution is 2.40. The molecule has 0 bridgehead atoms. The summed E-state index contributed by atoms with van der Waals surface area (Å²) in [7, 11) is -3.55. The number of rotatable bonds is 12. The Morgan fingerprint density at radius 2 is 1.79 bits per heavy atom. The van der Waals surface area contributed by atoms with Crippen molar-refractivity contribution in [2.45, 2.75) is 75.5 Å². The average molecular weight is 763 g/mol. The van der Waals surface area contributed by atoms with E-state index in [9.17, 15) is 18.0 Å². The maximum Gasteiger partial charge on any atom is 0.413 e. The molecule has 5 aromatic heterocycles. The highest BCUT2D eigenvalue weighted by atomic mass is 32.2. The second kappa shape index (κ2) is 14.4. The molecular weight excluding hydrogens is 721 g/mol. The molecule has 14 nitrogen and oxygen atoms in total. The summed E-state index contributed by atoms with van der Waals surface area (Å²) in [4.78, 5) is 35.5. The summed E-state index contributed by atoms with van der Waals surface area (Å²) in [5.41, 5.74) is 0.581. The number of fused-ring (bicyclic) bond motifs is 3. The van der Waals surface area contributed by atoms with Gasteiger partial charge in [-0.25, -0.2) is 32.5 Å². The zero-order chi connectivity index (χ0) is 37.4. The van der Waals surface area contributed by atoms with Crippen LogP contribution in [0.1, 0.15) is 42.4 Å². The molecule has 5 heterocycles. The van der Waals surface area contributed by atoms with Crippen molar-refractivity contribution in [2.24, 2.45) is 7.05 Å². The Balaban J connectivity index is 1.32. The lowest BCUT2D eigenvalue weighted by molar-refractivity contribution is 0.0635. The van der Waals surface area contributed by atoms with E-state index in [1.54, 1.807) is 104 Å². The van der Waals surface area contributed by atoms with E-state index < -0.39 is 34.9 Å². The fourth-order valence-electron chi connectivity index (χ4n) is 5.52. The molecule has 0 fully saturated rings. The fourth-order valence-corrected chi connectivity index (χ4v) is 9.47. The lowest BCUT2D eigenvalue weighted by Crippen LogP contribution is -2.28. The van der Waals surface area contributed by atoms with E-state index in [1.807, 2.05) is 0 Å². The Kier molecular flexibility index (Phi) is 10.2. The Morgan fingerprint density at radius 3 is 2.50 bits per heavy atom. The zero-order valence-electron chi connectivity index (χ0n) is 30.2. The van der Waals surface area contributed by atoms with Crippen molar-refractivity contribution in [2.75, 3.05) is 11.9 Å². The molecule has 0 saturated heterocycles. The minimum Gasteiger partial charge on any atom is -0.444 e. The van der Waals surface area contributed by atoms with Gasteiger partial charge >= 0.3 is 6.09 Å². The summed E-state index contributed by atoms with van der Waals surface area (Å²) in [5.74, 6) is 0.274. The van der Waals surface area contributed by atoms with Crippen LogP contribution in [0.4, 0.5) is 10.6 Å². The molecule has 274 valence electrons. The number of hydrogen-bond donors (Lipinski definition) is 1. The van der Waals surface area contributed by atoms with Crippen molar-refractivity contribution < 1.29 is 22.7 Å². The van der Waals surface area contributed by atoms with E-state index in [1.165, 1.54) is 16.0 Å². The van der Waals surface area contributed by atoms with Crippen molar-refractivity contribution in [3.8, 4) is 0 Å². The molecule has 1 atom stereocenters. The third-order valence-electron chi connectivity index (χ3n) is 8.05. The third kappa shape index (κ3) is 8.17. The molecule has 0 aliphatic heterocycles. The number of pyridine rings is 1. The number of sulfone groups is 1. The lowest BCUT2D eigenvalue weighted by Gasteiger charge is -2.19. The molecule has 0 radical (unpaired) electrons. The first-order chi connectivity index (χ1) is 24.5. The first-order valence-electron chi connectivity index (χ1n) is 16.7. The molecule has 0 aliphatic rings. The predicted molar refractivity (Wildman–Crippen MR) is 203 cm³/mol. The number of nitrogens with one attached hydrogen (secondary N) is 1. The summed E-state index contributed by atoms with van der Waals surface area (Å²) in [5, 5.41) is 11.4. The Labute approximate surface area is 306 Å². The van der Waals surface area contributed by atoms with Crippen molar-refractivity contribution in [3.63, 3.8) is 0 Å². The van der Waals surface area contributed by atoms with E-state index in [0.29, 0.717) is 44.3 Å². The minimum atomic E-state index is -3.99. The number of nitrogens with zero attached hydrogens (tertiary/aromatic N) is 7. The van der Waals surface area contributed by atoms with Crippen molar-refractivity contribution >= 4 is 62.4 Å². The molecular formula is C35H42N8O6S2Si. The molecule has 52 heavy (non-hydrogen) atoms. The van der Waals surface area contributed by atoms with Gasteiger partial charge in [0.25, 0.3) is 5.56 Å². The molecule has 17 heteroatoms. The molecule has 1 unspecified atom stereocenters. The van der Waals surface area contributed by atoms with Gasteiger partial charge in [-0.05, 0) is 57.1 Å². The number of aryl methyl sites for hydroxylation is 1. The predicted octanol–water partition coefficient (Wildman–Crippen LogP) is 6.21. The molecule has 1 amide bonds. The van der Waals surface area contributed by atoms with Crippen molar-refractivity contribution in [1.82, 2.24) is 34.1 Å². The van der Waals surface area contributed by atoms with Crippen LogP contribution < -0.4 is 10.9 Å². The van der Waals surface area contributed by atoms with Crippen LogP contribution in [-0.4, -0.2) is 68.9 Å². The van der Waals surface area contributed by atoms with E-state index in [0.717, 1.165) is 6.04 Å². The Hall–Kier alpha value is -4.71. The van der Waals surface area contributed by atoms with Gasteiger partial charge in [0.2, 0.25) is 0 Å². The normalized spacial score (nSPS) is 13.1. The number of carbonyl (C=O) groups is 1. The summed E-state index contributed by atoms with van der Waals surface area (Å²) in [6.45, 7) is 13.0. The second-order valence-electron chi connectivity index (χ2n) is 14.6. The van der Waals surface area contributed by atoms with Crippen molar-refractivity contribution in [1.29, 1.82) is 0 Å². The van der Waals surface area contributed by atoms with Gasteiger partial charge in [0.15, 0.2) is 20.7 Å². The SMILES string of the molecule is Cn1c2nc(C(c3ccn(COCC[Si](C)(C)C)n3)S(=O)(=O)c3ccccc3)sc2c2cnn(Cc3cccc(NC(=O)OC(C)(C)C)n3)c(=O)c21. The van der Waals surface area contributed by atoms with Gasteiger partial charge in [-0.2, -0.15) is 10.2 Å². The lowest BCUT2D eigenvalue weighted by atomic mass is 10.2. The highest BCUT2D eigenvalue weighted by Gasteiger charge is 2.36. The van der Waals surface area contributed by atoms with Crippen LogP contribution >= 0.6 is 11.3 Å². The molecule has 0 saturated carbocycles. The van der Waals surface area contributed by atoms with Gasteiger partial charge in [0, 0.05) is 33.3 Å². The van der Waals surface area contributed by atoms with Crippen LogP contribution in [0, 0.1) is 0 Å². The van der Waals surface area contributed by atoms with Gasteiger partial charge in [-0.15, -0.1) is 11.3 Å². The molecule has 0 spiro atoms. The topological polar surface area (TPSA) is 165 Å². The fraction of sp³-hybridized carbons (Fsp3) is 0.371. The molecule has 1 aromatic carbocycles. The number of benzene rings is 1. The van der Waals surface area contributed by atoms with Crippen LogP contribution in [0.3, 0.4) is 0 Å². The number of thiazole rings is 1. The maximum atomic E-state index is 14.3. The van der Waals surface area contributed by atoms with E-state index in [2.05, 4.69) is 40.1 Å². The smallest absolute Gasteiger partial charge is 0.413 e. The molecule has 0 aliphatic carbocycles. The number of amides is 1. The summed E-state index contributed by atoms with van der Waals surface area (Å²) in [6.07, 6.45) is 2.65. The number of anilines is 1. The summed E-state index contributed by atoms with van der Waals surface area (Å²) >= 11 is 1.20. The molecule has 6 aromatic rings. The van der Waals surface area contributed by atoms with Gasteiger partial charge in [-0.3, -0.25) is 10.1 Å². The van der Waals surface area contributed by atoms with Crippen molar-refractivity contribution in [3.05, 3.63) is 93.7 Å². The number of hydrogen-bond acceptors (Lipinski definition) is 11. The number of carbonyl (C=O) groups excluding carboxylic acids is 1. The zero-order valence-corrected chi connectivity index (χ0v) is 32.8. The Morgan fingerprint density at radius 1 is 1.04 bits per heavy atom. The average Bonchev–Trinajstić information content (AvgIpc) is 3.76. The van der Waals surface area contributed by atoms with Gasteiger partial charge in [-0.1, -0.05) is 43.9 Å². The van der Waals surface area contributed by atoms with Crippen LogP contribution in [0.2, 0.25) is 25.7 Å². The van der Waals surface area contributed by atoms with Gasteiger partial charge < -0.3 is 14.0 Å². The first-order valence-corrected chi connectivity index (χ1v) is 22.8. The van der Waals surface area contributed by atoms with Crippen LogP contribution in [0.25, 0.3) is 21.3 Å². The second-order valence-corrected chi connectivity index (χ2v) is 23.3. The standard InChI is InChI=1S/C35H42N8O6S2Si/c1-35(2,3)49-34(45)38-27-15-11-12-23(37-27)21-43-33(44)28-25(20-36-43)29-31(41(28)4)39-32(50-29)30(51(46,47)24-13-9-8-10-14-24)26-16-17-42(40-26)22-48-18-19-52(5,6)7/h8-17,20,30H,18-19,21-22H2,1-7H3,(H,37,38,45). The van der Waals surface area contributed by atoms with Crippen LogP contribution in [0.15, 0.2) is 76.7 Å². The third-order valence-corrected chi connectivity index (χ3v) is 13.1. The van der Waals surface area contributed by atoms with E-state index >= 15 is 0 Å². The monoisotopic (exact) mass is 762 g/mol.